The monoisotopic (exact) mass is 408 g/mol. The molecule has 4 heterocycles. The molecule has 3 aliphatic heterocycles. The third kappa shape index (κ3) is 4.78. The van der Waals surface area contributed by atoms with Gasteiger partial charge in [-0.3, -0.25) is 14.5 Å². The first kappa shape index (κ1) is 21.7. The summed E-state index contributed by atoms with van der Waals surface area (Å²) in [5.41, 5.74) is 0. The summed E-state index contributed by atoms with van der Waals surface area (Å²) < 4.78 is 10.7. The molecule has 4 rings (SSSR count). The van der Waals surface area contributed by atoms with E-state index in [2.05, 4.69) is 28.9 Å². The third-order valence-electron chi connectivity index (χ3n) is 6.21. The molecule has 162 valence electrons. The van der Waals surface area contributed by atoms with E-state index in [0.717, 1.165) is 37.8 Å². The first-order valence-electron chi connectivity index (χ1n) is 10.5. The second-order valence-electron chi connectivity index (χ2n) is 8.46. The fraction of sp³-hybridized carbons (Fsp3) is 0.800. The highest BCUT2D eigenvalue weighted by Crippen LogP contribution is 2.49. The summed E-state index contributed by atoms with van der Waals surface area (Å²) in [6.07, 6.45) is 3.27. The molecule has 2 bridgehead atoms. The van der Waals surface area contributed by atoms with Crippen LogP contribution in [0.5, 0.6) is 0 Å². The standard InChI is InChI=1S/C19H30N4O3.CH2O2/c1-4-25-11-19(24)22-8-13-14(9-22)16-6-5-15(13)23(16)10-17-20-18(26-21-17)7-12(2)3;2-1-3/h12-16H,4-11H2,1-3H3;1H,(H,2,3)/t13-,14+,15-,16+;. The molecule has 0 unspecified atom stereocenters. The Bertz CT molecular complexity index is 674. The summed E-state index contributed by atoms with van der Waals surface area (Å²) in [5, 5.41) is 11.1. The van der Waals surface area contributed by atoms with E-state index in [9.17, 15) is 4.79 Å². The van der Waals surface area contributed by atoms with Crippen molar-refractivity contribution in [3.63, 3.8) is 0 Å². The van der Waals surface area contributed by atoms with Crippen LogP contribution in [0, 0.1) is 17.8 Å². The molecular formula is C20H32N4O5. The van der Waals surface area contributed by atoms with E-state index in [4.69, 9.17) is 19.2 Å². The van der Waals surface area contributed by atoms with Crippen molar-refractivity contribution in [3.05, 3.63) is 11.7 Å². The summed E-state index contributed by atoms with van der Waals surface area (Å²) in [6.45, 7) is 9.32. The first-order valence-corrected chi connectivity index (χ1v) is 10.5. The highest BCUT2D eigenvalue weighted by molar-refractivity contribution is 5.77. The number of amides is 1. The topological polar surface area (TPSA) is 109 Å². The van der Waals surface area contributed by atoms with Gasteiger partial charge in [0.2, 0.25) is 11.8 Å². The number of hydrogen-bond acceptors (Lipinski definition) is 7. The van der Waals surface area contributed by atoms with Crippen molar-refractivity contribution in [3.8, 4) is 0 Å². The molecule has 3 aliphatic rings. The van der Waals surface area contributed by atoms with Crippen molar-refractivity contribution in [2.75, 3.05) is 26.3 Å². The van der Waals surface area contributed by atoms with Gasteiger partial charge in [0.15, 0.2) is 5.82 Å². The zero-order chi connectivity index (χ0) is 21.0. The van der Waals surface area contributed by atoms with Crippen LogP contribution in [0.25, 0.3) is 0 Å². The molecule has 29 heavy (non-hydrogen) atoms. The van der Waals surface area contributed by atoms with Gasteiger partial charge in [0.1, 0.15) is 6.61 Å². The van der Waals surface area contributed by atoms with Crippen molar-refractivity contribution < 1.29 is 24.0 Å². The van der Waals surface area contributed by atoms with E-state index in [1.165, 1.54) is 12.8 Å². The van der Waals surface area contributed by atoms with E-state index >= 15 is 0 Å². The van der Waals surface area contributed by atoms with Crippen LogP contribution in [-0.2, 0) is 27.3 Å². The summed E-state index contributed by atoms with van der Waals surface area (Å²) in [4.78, 5) is 29.8. The van der Waals surface area contributed by atoms with E-state index < -0.39 is 0 Å². The van der Waals surface area contributed by atoms with Crippen LogP contribution in [0.4, 0.5) is 0 Å². The zero-order valence-electron chi connectivity index (χ0n) is 17.5. The molecule has 0 spiro atoms. The summed E-state index contributed by atoms with van der Waals surface area (Å²) in [5.74, 6) is 3.38. The van der Waals surface area contributed by atoms with Crippen LogP contribution in [0.2, 0.25) is 0 Å². The highest BCUT2D eigenvalue weighted by atomic mass is 16.5. The molecule has 0 aliphatic carbocycles. The Hall–Kier alpha value is -2.00. The van der Waals surface area contributed by atoms with Crippen molar-refractivity contribution in [1.29, 1.82) is 0 Å². The van der Waals surface area contributed by atoms with Gasteiger partial charge in [0, 0.05) is 38.2 Å². The number of nitrogens with zero attached hydrogens (tertiary/aromatic N) is 4. The average molecular weight is 408 g/mol. The maximum atomic E-state index is 12.3. The lowest BCUT2D eigenvalue weighted by Crippen LogP contribution is -2.38. The van der Waals surface area contributed by atoms with Crippen LogP contribution < -0.4 is 0 Å². The molecule has 1 aromatic rings. The number of aromatic nitrogens is 2. The molecule has 1 amide bonds. The van der Waals surface area contributed by atoms with E-state index in [1.807, 2.05) is 11.8 Å². The minimum Gasteiger partial charge on any atom is -0.483 e. The van der Waals surface area contributed by atoms with Gasteiger partial charge >= 0.3 is 0 Å². The Morgan fingerprint density at radius 2 is 1.93 bits per heavy atom. The summed E-state index contributed by atoms with van der Waals surface area (Å²) in [6, 6.07) is 1.09. The first-order chi connectivity index (χ1) is 14.0. The van der Waals surface area contributed by atoms with Crippen LogP contribution in [0.15, 0.2) is 4.52 Å². The maximum Gasteiger partial charge on any atom is 0.290 e. The Morgan fingerprint density at radius 3 is 2.48 bits per heavy atom. The normalized spacial score (nSPS) is 27.8. The Labute approximate surface area is 171 Å². The van der Waals surface area contributed by atoms with E-state index in [0.29, 0.717) is 36.4 Å². The fourth-order valence-electron chi connectivity index (χ4n) is 5.18. The van der Waals surface area contributed by atoms with Gasteiger partial charge in [-0.2, -0.15) is 4.98 Å². The number of carbonyl (C=O) groups excluding carboxylic acids is 1. The molecule has 0 aromatic carbocycles. The lowest BCUT2D eigenvalue weighted by molar-refractivity contribution is -0.135. The zero-order valence-corrected chi connectivity index (χ0v) is 17.5. The van der Waals surface area contributed by atoms with Gasteiger partial charge in [-0.1, -0.05) is 19.0 Å². The fourth-order valence-corrected chi connectivity index (χ4v) is 5.18. The second kappa shape index (κ2) is 9.67. The number of rotatable bonds is 7. The van der Waals surface area contributed by atoms with Gasteiger partial charge in [-0.05, 0) is 37.5 Å². The average Bonchev–Trinajstić information content (AvgIpc) is 3.42. The quantitative estimate of drug-likeness (QED) is 0.675. The molecule has 9 heteroatoms. The van der Waals surface area contributed by atoms with Crippen molar-refractivity contribution in [2.45, 2.75) is 58.7 Å². The summed E-state index contributed by atoms with van der Waals surface area (Å²) in [7, 11) is 0. The predicted octanol–water partition coefficient (Wildman–Crippen LogP) is 1.43. The van der Waals surface area contributed by atoms with Crippen molar-refractivity contribution in [1.82, 2.24) is 19.9 Å². The predicted molar refractivity (Wildman–Crippen MR) is 104 cm³/mol. The molecule has 4 atom stereocenters. The van der Waals surface area contributed by atoms with Crippen molar-refractivity contribution in [2.24, 2.45) is 17.8 Å². The molecule has 0 radical (unpaired) electrons. The number of likely N-dealkylation sites (tertiary alicyclic amines) is 1. The molecule has 1 N–H and O–H groups in total. The van der Waals surface area contributed by atoms with Gasteiger partial charge in [-0.15, -0.1) is 0 Å². The second-order valence-corrected chi connectivity index (χ2v) is 8.46. The Kier molecular flexibility index (Phi) is 7.23. The Balaban J connectivity index is 0.000000755. The maximum absolute atomic E-state index is 12.3. The number of fused-ring (bicyclic) bond motifs is 5. The smallest absolute Gasteiger partial charge is 0.290 e. The lowest BCUT2D eigenvalue weighted by atomic mass is 9.82. The summed E-state index contributed by atoms with van der Waals surface area (Å²) >= 11 is 0. The van der Waals surface area contributed by atoms with Gasteiger partial charge in [0.25, 0.3) is 6.47 Å². The third-order valence-corrected chi connectivity index (χ3v) is 6.21. The van der Waals surface area contributed by atoms with E-state index in [-0.39, 0.29) is 19.0 Å². The van der Waals surface area contributed by atoms with Crippen LogP contribution in [0.1, 0.15) is 45.3 Å². The number of hydrogen-bond donors (Lipinski definition) is 1. The number of carboxylic acid groups (broad SMARTS) is 1. The largest absolute Gasteiger partial charge is 0.483 e. The molecule has 3 saturated heterocycles. The Morgan fingerprint density at radius 1 is 1.31 bits per heavy atom. The minimum absolute atomic E-state index is 0.142. The van der Waals surface area contributed by atoms with Gasteiger partial charge in [0.05, 0.1) is 6.54 Å². The van der Waals surface area contributed by atoms with Gasteiger partial charge < -0.3 is 19.3 Å². The van der Waals surface area contributed by atoms with Crippen LogP contribution in [0.3, 0.4) is 0 Å². The number of carbonyl (C=O) groups is 2. The lowest BCUT2D eigenvalue weighted by Gasteiger charge is -2.25. The molecule has 3 fully saturated rings. The minimum atomic E-state index is -0.250. The SMILES string of the molecule is CCOCC(=O)N1C[C@@H]2[C@H](C1)[C@@H]1CC[C@H]2N1Cc1noc(CC(C)C)n1.O=CO. The van der Waals surface area contributed by atoms with E-state index in [1.54, 1.807) is 0 Å². The molecular weight excluding hydrogens is 376 g/mol. The van der Waals surface area contributed by atoms with Gasteiger partial charge in [-0.25, -0.2) is 0 Å². The van der Waals surface area contributed by atoms with Crippen LogP contribution in [-0.4, -0.2) is 75.8 Å². The number of ether oxygens (including phenoxy) is 1. The van der Waals surface area contributed by atoms with Crippen molar-refractivity contribution >= 4 is 12.4 Å². The molecule has 0 saturated carbocycles. The molecule has 9 nitrogen and oxygen atoms in total. The highest BCUT2D eigenvalue weighted by Gasteiger charge is 2.56. The molecule has 1 aromatic heterocycles. The van der Waals surface area contributed by atoms with Crippen LogP contribution >= 0.6 is 0 Å².